The molecule has 0 amide bonds. The van der Waals surface area contributed by atoms with Crippen LogP contribution in [0.4, 0.5) is 0 Å². The zero-order valence-electron chi connectivity index (χ0n) is 17.7. The molecule has 0 fully saturated rings. The number of para-hydroxylation sites is 2. The second-order valence-electron chi connectivity index (χ2n) is 8.22. The van der Waals surface area contributed by atoms with Crippen molar-refractivity contribution in [3.05, 3.63) is 133 Å². The lowest BCUT2D eigenvalue weighted by Crippen LogP contribution is -2.51. The number of aromatic nitrogens is 1. The van der Waals surface area contributed by atoms with E-state index in [0.717, 1.165) is 0 Å². The zero-order valence-corrected chi connectivity index (χ0v) is 18.9. The summed E-state index contributed by atoms with van der Waals surface area (Å²) in [5, 5.41) is 6.98. The number of hydrogen-bond donors (Lipinski definition) is 0. The molecule has 0 spiro atoms. The first-order chi connectivity index (χ1) is 15.9. The molecule has 0 atom stereocenters. The summed E-state index contributed by atoms with van der Waals surface area (Å²) in [5.74, 6) is 0. The van der Waals surface area contributed by atoms with Crippen LogP contribution in [0.2, 0.25) is 0 Å². The number of rotatable bonds is 4. The topological polar surface area (TPSA) is 4.93 Å². The van der Waals surface area contributed by atoms with E-state index in [4.69, 9.17) is 0 Å². The van der Waals surface area contributed by atoms with E-state index in [2.05, 4.69) is 138 Å². The van der Waals surface area contributed by atoms with Crippen molar-refractivity contribution in [3.63, 3.8) is 0 Å². The highest BCUT2D eigenvalue weighted by Crippen LogP contribution is 2.31. The summed E-state index contributed by atoms with van der Waals surface area (Å²) in [5.41, 5.74) is 3.71. The van der Waals surface area contributed by atoms with Crippen molar-refractivity contribution in [3.8, 4) is 5.69 Å². The first-order valence-electron chi connectivity index (χ1n) is 11.1. The predicted molar refractivity (Wildman–Crippen MR) is 140 cm³/mol. The second-order valence-corrected chi connectivity index (χ2v) is 11.1. The van der Waals surface area contributed by atoms with Crippen LogP contribution in [-0.2, 0) is 0 Å². The number of hydrogen-bond acceptors (Lipinski definition) is 0. The van der Waals surface area contributed by atoms with Crippen LogP contribution >= 0.6 is 0 Å². The van der Waals surface area contributed by atoms with Gasteiger partial charge in [0, 0.05) is 16.5 Å². The Balaban J connectivity index is 1.62. The van der Waals surface area contributed by atoms with Crippen LogP contribution in [-0.4, -0.2) is 13.4 Å². The molecule has 0 saturated carbocycles. The fraction of sp³-hybridized carbons (Fsp3) is 0. The molecule has 2 heteroatoms. The lowest BCUT2D eigenvalue weighted by atomic mass is 10.1. The van der Waals surface area contributed by atoms with E-state index in [1.54, 1.807) is 0 Å². The number of fused-ring (bicyclic) bond motifs is 3. The monoisotopic (exact) mass is 425 g/mol. The Bertz CT molecular complexity index is 1460. The SMILES string of the molecule is c1ccc(-n2c3ccccc3c3cc([SiH](c4ccccc4)c4ccccc4)ccc32)cc1. The molecule has 1 nitrogen and oxygen atoms in total. The van der Waals surface area contributed by atoms with E-state index < -0.39 is 8.80 Å². The first kappa shape index (κ1) is 18.9. The zero-order chi connectivity index (χ0) is 21.3. The third kappa shape index (κ3) is 3.17. The minimum absolute atomic E-state index is 1.20. The van der Waals surface area contributed by atoms with E-state index in [1.807, 2.05) is 0 Å². The van der Waals surface area contributed by atoms with Gasteiger partial charge in [0.1, 0.15) is 8.80 Å². The van der Waals surface area contributed by atoms with Crippen molar-refractivity contribution in [2.24, 2.45) is 0 Å². The molecule has 0 aliphatic heterocycles. The van der Waals surface area contributed by atoms with Gasteiger partial charge in [-0.3, -0.25) is 0 Å². The normalized spacial score (nSPS) is 11.4. The van der Waals surface area contributed by atoms with Crippen molar-refractivity contribution in [2.45, 2.75) is 0 Å². The van der Waals surface area contributed by atoms with Crippen molar-refractivity contribution >= 4 is 46.2 Å². The predicted octanol–water partition coefficient (Wildman–Crippen LogP) is 5.03. The van der Waals surface area contributed by atoms with Crippen LogP contribution in [0.5, 0.6) is 0 Å². The summed E-state index contributed by atoms with van der Waals surface area (Å²) in [6, 6.07) is 48.6. The molecule has 1 aromatic heterocycles. The van der Waals surface area contributed by atoms with Gasteiger partial charge in [-0.1, -0.05) is 125 Å². The van der Waals surface area contributed by atoms with Crippen molar-refractivity contribution in [2.75, 3.05) is 0 Å². The number of benzene rings is 5. The third-order valence-corrected chi connectivity index (χ3v) is 9.44. The maximum Gasteiger partial charge on any atom is 0.133 e. The Kier molecular flexibility index (Phi) is 4.71. The maximum absolute atomic E-state index is 2.45. The van der Waals surface area contributed by atoms with E-state index in [9.17, 15) is 0 Å². The molecule has 0 N–H and O–H groups in total. The van der Waals surface area contributed by atoms with Crippen LogP contribution in [0, 0.1) is 0 Å². The summed E-state index contributed by atoms with van der Waals surface area (Å²) in [6.07, 6.45) is 0. The van der Waals surface area contributed by atoms with Gasteiger partial charge in [-0.25, -0.2) is 0 Å². The van der Waals surface area contributed by atoms with Crippen LogP contribution in [0.25, 0.3) is 27.5 Å². The van der Waals surface area contributed by atoms with Crippen LogP contribution in [0.1, 0.15) is 0 Å². The molecule has 32 heavy (non-hydrogen) atoms. The highest BCUT2D eigenvalue weighted by molar-refractivity contribution is 6.95. The smallest absolute Gasteiger partial charge is 0.133 e. The summed E-state index contributed by atoms with van der Waals surface area (Å²) in [4.78, 5) is 0. The average molecular weight is 426 g/mol. The number of nitrogens with zero attached hydrogens (tertiary/aromatic N) is 1. The molecule has 0 radical (unpaired) electrons. The first-order valence-corrected chi connectivity index (χ1v) is 12.8. The van der Waals surface area contributed by atoms with E-state index >= 15 is 0 Å². The second kappa shape index (κ2) is 7.99. The summed E-state index contributed by atoms with van der Waals surface area (Å²) in [7, 11) is -1.57. The fourth-order valence-electron chi connectivity index (χ4n) is 4.89. The van der Waals surface area contributed by atoms with Crippen molar-refractivity contribution in [1.29, 1.82) is 0 Å². The van der Waals surface area contributed by atoms with Gasteiger partial charge in [-0.05, 0) is 24.3 Å². The molecule has 152 valence electrons. The lowest BCUT2D eigenvalue weighted by molar-refractivity contribution is 1.18. The van der Waals surface area contributed by atoms with Crippen LogP contribution < -0.4 is 15.6 Å². The molecular weight excluding hydrogens is 402 g/mol. The third-order valence-electron chi connectivity index (χ3n) is 6.31. The summed E-state index contributed by atoms with van der Waals surface area (Å²) < 4.78 is 2.38. The van der Waals surface area contributed by atoms with Gasteiger partial charge >= 0.3 is 0 Å². The van der Waals surface area contributed by atoms with Gasteiger partial charge in [0.05, 0.1) is 11.0 Å². The fourth-order valence-corrected chi connectivity index (χ4v) is 7.88. The molecule has 0 aliphatic carbocycles. The molecule has 0 unspecified atom stereocenters. The molecule has 5 aromatic carbocycles. The molecule has 6 rings (SSSR count). The van der Waals surface area contributed by atoms with E-state index in [1.165, 1.54) is 43.1 Å². The Morgan fingerprint density at radius 2 is 0.938 bits per heavy atom. The Morgan fingerprint density at radius 3 is 1.59 bits per heavy atom. The minimum atomic E-state index is -1.57. The van der Waals surface area contributed by atoms with Gasteiger partial charge in [0.15, 0.2) is 0 Å². The minimum Gasteiger partial charge on any atom is -0.309 e. The maximum atomic E-state index is 2.45. The quantitative estimate of drug-likeness (QED) is 0.276. The standard InChI is InChI=1S/C30H23NSi/c1-4-12-23(13-5-1)31-29-19-11-10-18-27(29)28-22-26(20-21-30(28)31)32(24-14-6-2-7-15-24)25-16-8-3-9-17-25/h1-22,32H. The van der Waals surface area contributed by atoms with Gasteiger partial charge in [0.25, 0.3) is 0 Å². The van der Waals surface area contributed by atoms with Gasteiger partial charge < -0.3 is 4.57 Å². The van der Waals surface area contributed by atoms with E-state index in [-0.39, 0.29) is 0 Å². The van der Waals surface area contributed by atoms with Crippen molar-refractivity contribution in [1.82, 2.24) is 4.57 Å². The Labute approximate surface area is 189 Å². The summed E-state index contributed by atoms with van der Waals surface area (Å²) in [6.45, 7) is 0. The average Bonchev–Trinajstić information content (AvgIpc) is 3.20. The highest BCUT2D eigenvalue weighted by atomic mass is 28.3. The van der Waals surface area contributed by atoms with Gasteiger partial charge in [-0.15, -0.1) is 0 Å². The molecule has 0 aliphatic rings. The molecular formula is C30H23NSi. The molecule has 1 heterocycles. The summed E-state index contributed by atoms with van der Waals surface area (Å²) >= 11 is 0. The molecule has 6 aromatic rings. The van der Waals surface area contributed by atoms with E-state index in [0.29, 0.717) is 0 Å². The van der Waals surface area contributed by atoms with Crippen molar-refractivity contribution < 1.29 is 0 Å². The van der Waals surface area contributed by atoms with Crippen LogP contribution in [0.3, 0.4) is 0 Å². The van der Waals surface area contributed by atoms with Crippen LogP contribution in [0.15, 0.2) is 133 Å². The largest absolute Gasteiger partial charge is 0.309 e. The Hall–Kier alpha value is -3.88. The molecule has 0 saturated heterocycles. The molecule has 0 bridgehead atoms. The lowest BCUT2D eigenvalue weighted by Gasteiger charge is -2.17. The van der Waals surface area contributed by atoms with Gasteiger partial charge in [0.2, 0.25) is 0 Å². The Morgan fingerprint density at radius 1 is 0.406 bits per heavy atom. The van der Waals surface area contributed by atoms with Gasteiger partial charge in [-0.2, -0.15) is 0 Å². The highest BCUT2D eigenvalue weighted by Gasteiger charge is 2.20.